The Kier molecular flexibility index (Phi) is 3.79. The van der Waals surface area contributed by atoms with E-state index in [9.17, 15) is 0 Å². The molecule has 60 valence electrons. The quantitative estimate of drug-likeness (QED) is 0.300. The first-order chi connectivity index (χ1) is 5.43. The molecular formula is C7H9NO2S. The zero-order valence-corrected chi connectivity index (χ0v) is 7.00. The normalized spacial score (nSPS) is 9.55. The standard InChI is InChI=1S/C7H9NO2S/c1-2-11-10-9-7-5-3-4-6-8-7/h3-6H,2H2,1H3. The molecule has 0 N–H and O–H groups in total. The molecule has 0 saturated heterocycles. The Morgan fingerprint density at radius 3 is 3.09 bits per heavy atom. The molecule has 0 aromatic carbocycles. The lowest BCUT2D eigenvalue weighted by atomic mass is 10.5. The Balaban J connectivity index is 2.28. The SMILES string of the molecule is CCSOOc1ccccn1. The minimum Gasteiger partial charge on any atom is -0.305 e. The lowest BCUT2D eigenvalue weighted by Crippen LogP contribution is -1.91. The van der Waals surface area contributed by atoms with Crippen molar-refractivity contribution >= 4 is 12.0 Å². The maximum absolute atomic E-state index is 4.80. The van der Waals surface area contributed by atoms with Crippen molar-refractivity contribution in [3.05, 3.63) is 24.4 Å². The van der Waals surface area contributed by atoms with Crippen LogP contribution in [0.25, 0.3) is 0 Å². The van der Waals surface area contributed by atoms with E-state index >= 15 is 0 Å². The lowest BCUT2D eigenvalue weighted by Gasteiger charge is -1.98. The number of hydrogen-bond donors (Lipinski definition) is 0. The summed E-state index contributed by atoms with van der Waals surface area (Å²) in [5.41, 5.74) is 0. The molecule has 11 heavy (non-hydrogen) atoms. The number of aromatic nitrogens is 1. The van der Waals surface area contributed by atoms with E-state index in [1.165, 1.54) is 12.0 Å². The molecular weight excluding hydrogens is 162 g/mol. The van der Waals surface area contributed by atoms with Gasteiger partial charge in [0, 0.05) is 30.1 Å². The van der Waals surface area contributed by atoms with Crippen LogP contribution in [0.5, 0.6) is 5.88 Å². The van der Waals surface area contributed by atoms with Gasteiger partial charge < -0.3 is 4.89 Å². The molecule has 1 aromatic rings. The molecule has 1 rings (SSSR count). The molecule has 0 unspecified atom stereocenters. The topological polar surface area (TPSA) is 31.4 Å². The number of pyridine rings is 1. The highest BCUT2D eigenvalue weighted by Gasteiger charge is 1.92. The van der Waals surface area contributed by atoms with E-state index in [1.807, 2.05) is 19.1 Å². The van der Waals surface area contributed by atoms with Gasteiger partial charge in [-0.05, 0) is 6.07 Å². The molecule has 0 aliphatic rings. The van der Waals surface area contributed by atoms with Crippen molar-refractivity contribution in [1.82, 2.24) is 4.98 Å². The van der Waals surface area contributed by atoms with Crippen LogP contribution < -0.4 is 4.89 Å². The van der Waals surface area contributed by atoms with Gasteiger partial charge >= 0.3 is 0 Å². The lowest BCUT2D eigenvalue weighted by molar-refractivity contribution is -0.0822. The fourth-order valence-electron chi connectivity index (χ4n) is 0.503. The second-order valence-corrected chi connectivity index (χ2v) is 2.68. The van der Waals surface area contributed by atoms with E-state index in [0.717, 1.165) is 5.75 Å². The van der Waals surface area contributed by atoms with Gasteiger partial charge in [0.1, 0.15) is 0 Å². The summed E-state index contributed by atoms with van der Waals surface area (Å²) in [5, 5.41) is 0. The van der Waals surface area contributed by atoms with Crippen molar-refractivity contribution in [2.45, 2.75) is 6.92 Å². The van der Waals surface area contributed by atoms with Crippen molar-refractivity contribution in [3.63, 3.8) is 0 Å². The zero-order valence-electron chi connectivity index (χ0n) is 6.19. The third kappa shape index (κ3) is 3.25. The maximum Gasteiger partial charge on any atom is 0.257 e. The van der Waals surface area contributed by atoms with Crippen LogP contribution in [0.2, 0.25) is 0 Å². The maximum atomic E-state index is 4.80. The molecule has 0 aliphatic heterocycles. The summed E-state index contributed by atoms with van der Waals surface area (Å²) in [6.07, 6.45) is 1.65. The molecule has 0 bridgehead atoms. The van der Waals surface area contributed by atoms with Gasteiger partial charge in [0.25, 0.3) is 5.88 Å². The Hall–Kier alpha value is -0.740. The average molecular weight is 171 g/mol. The van der Waals surface area contributed by atoms with E-state index < -0.39 is 0 Å². The van der Waals surface area contributed by atoms with E-state index in [4.69, 9.17) is 9.22 Å². The van der Waals surface area contributed by atoms with E-state index in [1.54, 1.807) is 12.3 Å². The average Bonchev–Trinajstić information content (AvgIpc) is 2.07. The number of nitrogens with zero attached hydrogens (tertiary/aromatic N) is 1. The van der Waals surface area contributed by atoms with Crippen molar-refractivity contribution in [2.24, 2.45) is 0 Å². The Labute approximate surface area is 69.9 Å². The van der Waals surface area contributed by atoms with Crippen molar-refractivity contribution < 1.29 is 9.22 Å². The molecule has 1 heterocycles. The molecule has 0 aliphatic carbocycles. The largest absolute Gasteiger partial charge is 0.305 e. The van der Waals surface area contributed by atoms with Crippen LogP contribution in [0, 0.1) is 0 Å². The van der Waals surface area contributed by atoms with Crippen LogP contribution in [-0.2, 0) is 4.33 Å². The van der Waals surface area contributed by atoms with Crippen LogP contribution in [0.1, 0.15) is 6.92 Å². The molecule has 1 aromatic heterocycles. The summed E-state index contributed by atoms with van der Waals surface area (Å²) in [4.78, 5) is 8.69. The van der Waals surface area contributed by atoms with Gasteiger partial charge in [0.05, 0.1) is 0 Å². The summed E-state index contributed by atoms with van der Waals surface area (Å²) in [6.45, 7) is 1.98. The second kappa shape index (κ2) is 4.98. The minimum atomic E-state index is 0.480. The summed E-state index contributed by atoms with van der Waals surface area (Å²) < 4.78 is 4.72. The Morgan fingerprint density at radius 1 is 1.55 bits per heavy atom. The molecule has 0 radical (unpaired) electrons. The van der Waals surface area contributed by atoms with Gasteiger partial charge in [-0.25, -0.2) is 4.98 Å². The fraction of sp³-hybridized carbons (Fsp3) is 0.286. The highest BCUT2D eigenvalue weighted by molar-refractivity contribution is 7.94. The molecule has 0 spiro atoms. The van der Waals surface area contributed by atoms with E-state index in [2.05, 4.69) is 4.98 Å². The summed E-state index contributed by atoms with van der Waals surface area (Å²) in [7, 11) is 0. The van der Waals surface area contributed by atoms with Gasteiger partial charge in [-0.2, -0.15) is 0 Å². The van der Waals surface area contributed by atoms with E-state index in [0.29, 0.717) is 5.88 Å². The van der Waals surface area contributed by atoms with Crippen LogP contribution in [0.4, 0.5) is 0 Å². The predicted molar refractivity (Wildman–Crippen MR) is 44.1 cm³/mol. The van der Waals surface area contributed by atoms with Crippen LogP contribution in [0.15, 0.2) is 24.4 Å². The smallest absolute Gasteiger partial charge is 0.257 e. The minimum absolute atomic E-state index is 0.480. The van der Waals surface area contributed by atoms with Crippen LogP contribution in [0.3, 0.4) is 0 Å². The highest BCUT2D eigenvalue weighted by atomic mass is 32.2. The molecule has 0 fully saturated rings. The Bertz CT molecular complexity index is 193. The van der Waals surface area contributed by atoms with Crippen molar-refractivity contribution in [2.75, 3.05) is 5.75 Å². The fourth-order valence-corrected chi connectivity index (χ4v) is 0.717. The van der Waals surface area contributed by atoms with Crippen molar-refractivity contribution in [1.29, 1.82) is 0 Å². The van der Waals surface area contributed by atoms with Gasteiger partial charge in [-0.15, -0.1) is 4.33 Å². The highest BCUT2D eigenvalue weighted by Crippen LogP contribution is 2.08. The van der Waals surface area contributed by atoms with Crippen molar-refractivity contribution in [3.8, 4) is 5.88 Å². The predicted octanol–water partition coefficient (Wildman–Crippen LogP) is 2.06. The first kappa shape index (κ1) is 8.36. The molecule has 0 saturated carbocycles. The molecule has 3 nitrogen and oxygen atoms in total. The van der Waals surface area contributed by atoms with Crippen LogP contribution >= 0.6 is 12.0 Å². The summed E-state index contributed by atoms with van der Waals surface area (Å²) in [6, 6.07) is 5.39. The summed E-state index contributed by atoms with van der Waals surface area (Å²) >= 11 is 1.24. The third-order valence-electron chi connectivity index (χ3n) is 0.923. The van der Waals surface area contributed by atoms with Gasteiger partial charge in [-0.3, -0.25) is 0 Å². The van der Waals surface area contributed by atoms with Crippen LogP contribution in [-0.4, -0.2) is 10.7 Å². The zero-order chi connectivity index (χ0) is 7.94. The summed E-state index contributed by atoms with van der Waals surface area (Å²) in [5.74, 6) is 1.33. The number of hydrogen-bond acceptors (Lipinski definition) is 4. The molecule has 0 atom stereocenters. The second-order valence-electron chi connectivity index (χ2n) is 1.73. The first-order valence-electron chi connectivity index (χ1n) is 3.30. The number of rotatable bonds is 4. The molecule has 0 amide bonds. The van der Waals surface area contributed by atoms with Gasteiger partial charge in [-0.1, -0.05) is 13.0 Å². The molecule has 4 heteroatoms. The third-order valence-corrected chi connectivity index (χ3v) is 1.32. The monoisotopic (exact) mass is 171 g/mol. The van der Waals surface area contributed by atoms with E-state index in [-0.39, 0.29) is 0 Å². The Morgan fingerprint density at radius 2 is 2.45 bits per heavy atom. The van der Waals surface area contributed by atoms with Gasteiger partial charge in [0.15, 0.2) is 0 Å². The van der Waals surface area contributed by atoms with Gasteiger partial charge in [0.2, 0.25) is 0 Å². The first-order valence-corrected chi connectivity index (χ1v) is 4.21.